The van der Waals surface area contributed by atoms with Crippen LogP contribution in [0.5, 0.6) is 0 Å². The Morgan fingerprint density at radius 3 is 1.56 bits per heavy atom. The molecule has 9 heteroatoms. The van der Waals surface area contributed by atoms with Crippen molar-refractivity contribution in [2.75, 3.05) is 6.54 Å². The number of hydrogen-bond acceptors (Lipinski definition) is 6. The van der Waals surface area contributed by atoms with E-state index in [0.29, 0.717) is 0 Å². The van der Waals surface area contributed by atoms with Gasteiger partial charge in [-0.15, -0.1) is 0 Å². The van der Waals surface area contributed by atoms with E-state index in [1.807, 2.05) is 0 Å². The lowest BCUT2D eigenvalue weighted by molar-refractivity contribution is -0.139. The normalized spacial score (nSPS) is 18.6. The molecule has 4 N–H and O–H groups in total. The van der Waals surface area contributed by atoms with E-state index in [0.717, 1.165) is 12.1 Å². The number of carboxylic acid groups (broad SMARTS) is 1. The van der Waals surface area contributed by atoms with Crippen molar-refractivity contribution in [1.29, 1.82) is 0 Å². The number of rotatable bonds is 6. The first kappa shape index (κ1) is 30.0. The lowest BCUT2D eigenvalue weighted by atomic mass is 9.91. The van der Waals surface area contributed by atoms with Gasteiger partial charge in [-0.05, 0) is 67.2 Å². The molecule has 2 amide bonds. The molecular formula is C25H47N3O6. The van der Waals surface area contributed by atoms with Crippen LogP contribution in [0.3, 0.4) is 0 Å². The lowest BCUT2D eigenvalue weighted by Crippen LogP contribution is -2.50. The summed E-state index contributed by atoms with van der Waals surface area (Å²) in [5, 5.41) is 17.3. The molecule has 34 heavy (non-hydrogen) atoms. The molecule has 0 spiro atoms. The standard InChI is InChI=1S/C13H24N2O6.C12H23N/c1-12(2,3)20-10(18)14-7-8(9(16)17)15-11(19)21-13(4,5)6;1-3-7-11(8-4-1)13-12-9-5-2-6-10-12/h8H,7H2,1-6H3,(H,14,18)(H,15,19)(H,16,17);11-13H,1-10H2. The largest absolute Gasteiger partial charge is 0.480 e. The van der Waals surface area contributed by atoms with Crippen LogP contribution in [0.15, 0.2) is 0 Å². The second-order valence-corrected chi connectivity index (χ2v) is 11.3. The van der Waals surface area contributed by atoms with E-state index in [1.54, 1.807) is 41.5 Å². The first-order chi connectivity index (χ1) is 15.7. The van der Waals surface area contributed by atoms with E-state index in [4.69, 9.17) is 14.6 Å². The van der Waals surface area contributed by atoms with Gasteiger partial charge < -0.3 is 30.5 Å². The summed E-state index contributed by atoms with van der Waals surface area (Å²) in [6.45, 7) is 9.69. The van der Waals surface area contributed by atoms with Crippen molar-refractivity contribution >= 4 is 18.2 Å². The zero-order valence-corrected chi connectivity index (χ0v) is 22.0. The predicted octanol–water partition coefficient (Wildman–Crippen LogP) is 4.73. The summed E-state index contributed by atoms with van der Waals surface area (Å²) in [7, 11) is 0. The van der Waals surface area contributed by atoms with Crippen molar-refractivity contribution in [1.82, 2.24) is 16.0 Å². The number of hydrogen-bond donors (Lipinski definition) is 4. The maximum absolute atomic E-state index is 11.5. The molecule has 0 radical (unpaired) electrons. The van der Waals surface area contributed by atoms with Gasteiger partial charge in [-0.25, -0.2) is 14.4 Å². The van der Waals surface area contributed by atoms with Gasteiger partial charge in [0.2, 0.25) is 0 Å². The van der Waals surface area contributed by atoms with Crippen molar-refractivity contribution in [3.63, 3.8) is 0 Å². The fraction of sp³-hybridized carbons (Fsp3) is 0.880. The van der Waals surface area contributed by atoms with Crippen LogP contribution >= 0.6 is 0 Å². The van der Waals surface area contributed by atoms with Crippen LogP contribution in [0, 0.1) is 0 Å². The number of carbonyl (C=O) groups is 3. The molecule has 2 saturated carbocycles. The van der Waals surface area contributed by atoms with E-state index < -0.39 is 35.4 Å². The molecule has 198 valence electrons. The van der Waals surface area contributed by atoms with Crippen LogP contribution in [0.2, 0.25) is 0 Å². The quantitative estimate of drug-likeness (QED) is 0.428. The van der Waals surface area contributed by atoms with Gasteiger partial charge in [0.05, 0.1) is 6.54 Å². The minimum absolute atomic E-state index is 0.316. The van der Waals surface area contributed by atoms with Crippen molar-refractivity contribution in [3.8, 4) is 0 Å². The Balaban J connectivity index is 0.000000375. The zero-order chi connectivity index (χ0) is 25.8. The number of carbonyl (C=O) groups excluding carboxylic acids is 2. The highest BCUT2D eigenvalue weighted by atomic mass is 16.6. The minimum Gasteiger partial charge on any atom is -0.480 e. The highest BCUT2D eigenvalue weighted by Crippen LogP contribution is 2.22. The summed E-state index contributed by atoms with van der Waals surface area (Å²) in [6, 6.07) is 0.432. The van der Waals surface area contributed by atoms with Crippen LogP contribution in [-0.4, -0.2) is 59.1 Å². The first-order valence-corrected chi connectivity index (χ1v) is 12.7. The Morgan fingerprint density at radius 1 is 0.765 bits per heavy atom. The minimum atomic E-state index is -1.31. The molecule has 2 aliphatic rings. The van der Waals surface area contributed by atoms with Crippen LogP contribution in [0.1, 0.15) is 106 Å². The summed E-state index contributed by atoms with van der Waals surface area (Å²) in [6.07, 6.45) is 12.9. The number of amides is 2. The fourth-order valence-electron chi connectivity index (χ4n) is 4.02. The zero-order valence-electron chi connectivity index (χ0n) is 22.0. The van der Waals surface area contributed by atoms with E-state index in [1.165, 1.54) is 64.2 Å². The second-order valence-electron chi connectivity index (χ2n) is 11.3. The molecule has 9 nitrogen and oxygen atoms in total. The van der Waals surface area contributed by atoms with Crippen LogP contribution < -0.4 is 16.0 Å². The van der Waals surface area contributed by atoms with Crippen LogP contribution in [0.25, 0.3) is 0 Å². The Bertz CT molecular complexity index is 614. The molecule has 1 unspecified atom stereocenters. The summed E-state index contributed by atoms with van der Waals surface area (Å²) in [4.78, 5) is 34.0. The molecule has 0 aromatic carbocycles. The molecule has 0 aromatic rings. The van der Waals surface area contributed by atoms with Gasteiger partial charge in [0, 0.05) is 12.1 Å². The van der Waals surface area contributed by atoms with Crippen molar-refractivity contribution < 1.29 is 29.0 Å². The average Bonchev–Trinajstić information content (AvgIpc) is 2.70. The van der Waals surface area contributed by atoms with E-state index in [2.05, 4.69) is 16.0 Å². The molecule has 2 rings (SSSR count). The molecule has 0 heterocycles. The molecule has 2 fully saturated rings. The number of nitrogens with one attached hydrogen (secondary N) is 3. The van der Waals surface area contributed by atoms with Crippen LogP contribution in [-0.2, 0) is 14.3 Å². The summed E-state index contributed by atoms with van der Waals surface area (Å²) >= 11 is 0. The van der Waals surface area contributed by atoms with Gasteiger partial charge >= 0.3 is 18.2 Å². The molecule has 0 saturated heterocycles. The van der Waals surface area contributed by atoms with Crippen LogP contribution in [0.4, 0.5) is 9.59 Å². The monoisotopic (exact) mass is 485 g/mol. The second kappa shape index (κ2) is 14.4. The average molecular weight is 486 g/mol. The summed E-state index contributed by atoms with van der Waals surface area (Å²) in [5.74, 6) is -1.29. The molecule has 0 bridgehead atoms. The third-order valence-corrected chi connectivity index (χ3v) is 5.52. The number of alkyl carbamates (subject to hydrolysis) is 2. The predicted molar refractivity (Wildman–Crippen MR) is 132 cm³/mol. The van der Waals surface area contributed by atoms with Crippen molar-refractivity contribution in [2.24, 2.45) is 0 Å². The Labute approximate surface area is 205 Å². The lowest BCUT2D eigenvalue weighted by Gasteiger charge is -2.30. The fourth-order valence-corrected chi connectivity index (χ4v) is 4.02. The molecule has 0 aromatic heterocycles. The Morgan fingerprint density at radius 2 is 1.18 bits per heavy atom. The smallest absolute Gasteiger partial charge is 0.408 e. The van der Waals surface area contributed by atoms with Crippen molar-refractivity contribution in [2.45, 2.75) is 135 Å². The highest BCUT2D eigenvalue weighted by molar-refractivity contribution is 5.81. The maximum atomic E-state index is 11.5. The topological polar surface area (TPSA) is 126 Å². The van der Waals surface area contributed by atoms with Gasteiger partial charge in [0.15, 0.2) is 0 Å². The SMILES string of the molecule is C1CCC(NC2CCCCC2)CC1.CC(C)(C)OC(=O)NCC(NC(=O)OC(C)(C)C)C(=O)O. The van der Waals surface area contributed by atoms with Gasteiger partial charge in [0.25, 0.3) is 0 Å². The van der Waals surface area contributed by atoms with E-state index >= 15 is 0 Å². The summed E-state index contributed by atoms with van der Waals surface area (Å²) in [5.41, 5.74) is -1.44. The van der Waals surface area contributed by atoms with Gasteiger partial charge in [0.1, 0.15) is 17.2 Å². The maximum Gasteiger partial charge on any atom is 0.408 e. The van der Waals surface area contributed by atoms with E-state index in [-0.39, 0.29) is 6.54 Å². The third kappa shape index (κ3) is 15.0. The first-order valence-electron chi connectivity index (χ1n) is 12.7. The number of ether oxygens (including phenoxy) is 2. The number of aliphatic carboxylic acids is 1. The molecule has 2 aliphatic carbocycles. The number of carboxylic acids is 1. The molecule has 1 atom stereocenters. The Kier molecular flexibility index (Phi) is 12.7. The third-order valence-electron chi connectivity index (χ3n) is 5.52. The van der Waals surface area contributed by atoms with Crippen molar-refractivity contribution in [3.05, 3.63) is 0 Å². The molecular weight excluding hydrogens is 438 g/mol. The van der Waals surface area contributed by atoms with E-state index in [9.17, 15) is 14.4 Å². The highest BCUT2D eigenvalue weighted by Gasteiger charge is 2.25. The van der Waals surface area contributed by atoms with Gasteiger partial charge in [-0.1, -0.05) is 38.5 Å². The Hall–Kier alpha value is -2.03. The van der Waals surface area contributed by atoms with Gasteiger partial charge in [-0.3, -0.25) is 0 Å². The molecule has 0 aliphatic heterocycles. The summed E-state index contributed by atoms with van der Waals surface area (Å²) < 4.78 is 9.91. The van der Waals surface area contributed by atoms with Gasteiger partial charge in [-0.2, -0.15) is 0 Å².